The van der Waals surface area contributed by atoms with E-state index in [1.54, 1.807) is 0 Å². The van der Waals surface area contributed by atoms with Crippen molar-refractivity contribution in [3.8, 4) is 5.88 Å². The number of carboxylic acid groups (broad SMARTS) is 1. The van der Waals surface area contributed by atoms with Crippen LogP contribution in [0.15, 0.2) is 9.59 Å². The summed E-state index contributed by atoms with van der Waals surface area (Å²) in [7, 11) is 0. The monoisotopic (exact) mass is 407 g/mol. The summed E-state index contributed by atoms with van der Waals surface area (Å²) in [6.45, 7) is 0. The van der Waals surface area contributed by atoms with Gasteiger partial charge in [-0.25, -0.2) is 4.79 Å². The lowest BCUT2D eigenvalue weighted by Crippen LogP contribution is -2.49. The van der Waals surface area contributed by atoms with E-state index < -0.39 is 40.5 Å². The van der Waals surface area contributed by atoms with E-state index in [4.69, 9.17) is 10.8 Å². The first-order valence-electron chi connectivity index (χ1n) is 10.5. The standard InChI is InChI=1S/C20H29N3O6/c21-15(19(27)28)16(24)14-17(25)22(12-8-4-1-2-5-9-12)20(29)23(18(14)26)13-10-6-3-7-11-13/h12-13,15,25H,1-11,21H2,(H,27,28). The van der Waals surface area contributed by atoms with Gasteiger partial charge in [-0.1, -0.05) is 44.9 Å². The molecule has 0 aromatic carbocycles. The minimum absolute atomic E-state index is 0.340. The highest BCUT2D eigenvalue weighted by molar-refractivity contribution is 6.12. The summed E-state index contributed by atoms with van der Waals surface area (Å²) < 4.78 is 2.20. The molecule has 29 heavy (non-hydrogen) atoms. The van der Waals surface area contributed by atoms with E-state index in [9.17, 15) is 24.3 Å². The summed E-state index contributed by atoms with van der Waals surface area (Å²) >= 11 is 0. The number of hydrogen-bond donors (Lipinski definition) is 3. The molecule has 2 aliphatic carbocycles. The lowest BCUT2D eigenvalue weighted by molar-refractivity contribution is -0.137. The summed E-state index contributed by atoms with van der Waals surface area (Å²) in [5.41, 5.74) is 3.21. The van der Waals surface area contributed by atoms with E-state index in [1.165, 1.54) is 0 Å². The molecule has 2 aliphatic rings. The van der Waals surface area contributed by atoms with E-state index in [0.717, 1.165) is 54.1 Å². The molecule has 9 heteroatoms. The molecular weight excluding hydrogens is 378 g/mol. The van der Waals surface area contributed by atoms with Crippen LogP contribution in [0.3, 0.4) is 0 Å². The second kappa shape index (κ2) is 8.94. The first-order valence-corrected chi connectivity index (χ1v) is 10.5. The molecule has 1 atom stereocenters. The van der Waals surface area contributed by atoms with Gasteiger partial charge in [0, 0.05) is 12.1 Å². The molecule has 2 saturated carbocycles. The Balaban J connectivity index is 2.22. The molecule has 0 radical (unpaired) electrons. The minimum Gasteiger partial charge on any atom is -0.494 e. The third-order valence-electron chi connectivity index (χ3n) is 6.22. The molecular formula is C20H29N3O6. The van der Waals surface area contributed by atoms with Gasteiger partial charge in [0.15, 0.2) is 6.04 Å². The zero-order valence-corrected chi connectivity index (χ0v) is 16.5. The Kier molecular flexibility index (Phi) is 6.56. The zero-order chi connectivity index (χ0) is 21.1. The highest BCUT2D eigenvalue weighted by Gasteiger charge is 2.34. The smallest absolute Gasteiger partial charge is 0.334 e. The largest absolute Gasteiger partial charge is 0.494 e. The molecule has 0 bridgehead atoms. The summed E-state index contributed by atoms with van der Waals surface area (Å²) in [4.78, 5) is 50.3. The number of carbonyl (C=O) groups is 2. The van der Waals surface area contributed by atoms with Crippen LogP contribution < -0.4 is 17.0 Å². The highest BCUT2D eigenvalue weighted by Crippen LogP contribution is 2.31. The van der Waals surface area contributed by atoms with Crippen molar-refractivity contribution in [2.45, 2.75) is 88.8 Å². The molecule has 4 N–H and O–H groups in total. The van der Waals surface area contributed by atoms with Crippen molar-refractivity contribution in [2.24, 2.45) is 5.73 Å². The molecule has 160 valence electrons. The third-order valence-corrected chi connectivity index (χ3v) is 6.22. The number of aromatic hydroxyl groups is 1. The van der Waals surface area contributed by atoms with Gasteiger partial charge < -0.3 is 15.9 Å². The van der Waals surface area contributed by atoms with Gasteiger partial charge in [-0.15, -0.1) is 0 Å². The van der Waals surface area contributed by atoms with Gasteiger partial charge in [0.25, 0.3) is 5.56 Å². The minimum atomic E-state index is -1.98. The van der Waals surface area contributed by atoms with Crippen molar-refractivity contribution in [1.82, 2.24) is 9.13 Å². The summed E-state index contributed by atoms with van der Waals surface area (Å²) in [6, 6.07) is -2.68. The Morgan fingerprint density at radius 1 is 0.862 bits per heavy atom. The van der Waals surface area contributed by atoms with Crippen LogP contribution in [0.25, 0.3) is 0 Å². The van der Waals surface area contributed by atoms with E-state index in [1.807, 2.05) is 0 Å². The zero-order valence-electron chi connectivity index (χ0n) is 16.5. The number of nitrogens with two attached hydrogens (primary N) is 1. The van der Waals surface area contributed by atoms with Crippen LogP contribution in [0.5, 0.6) is 5.88 Å². The Hall–Kier alpha value is -2.42. The average Bonchev–Trinajstić information content (AvgIpc) is 2.97. The number of aliphatic carboxylic acids is 1. The molecule has 1 heterocycles. The van der Waals surface area contributed by atoms with Gasteiger partial charge in [-0.05, 0) is 25.7 Å². The maximum Gasteiger partial charge on any atom is 0.334 e. The topological polar surface area (TPSA) is 145 Å². The van der Waals surface area contributed by atoms with Crippen molar-refractivity contribution in [3.05, 3.63) is 26.4 Å². The number of rotatable bonds is 5. The quantitative estimate of drug-likeness (QED) is 0.383. The van der Waals surface area contributed by atoms with Gasteiger partial charge in [0.05, 0.1) is 0 Å². The van der Waals surface area contributed by atoms with Gasteiger partial charge in [0.1, 0.15) is 5.56 Å². The van der Waals surface area contributed by atoms with E-state index in [2.05, 4.69) is 0 Å². The molecule has 0 amide bonds. The van der Waals surface area contributed by atoms with Crippen molar-refractivity contribution < 1.29 is 19.8 Å². The molecule has 0 aliphatic heterocycles. The number of carboxylic acids is 1. The lowest BCUT2D eigenvalue weighted by atomic mass is 9.95. The van der Waals surface area contributed by atoms with E-state index in [0.29, 0.717) is 25.7 Å². The molecule has 1 unspecified atom stereocenters. The van der Waals surface area contributed by atoms with Crippen LogP contribution in [-0.4, -0.2) is 37.1 Å². The molecule has 0 spiro atoms. The van der Waals surface area contributed by atoms with Crippen LogP contribution in [0, 0.1) is 0 Å². The first-order chi connectivity index (χ1) is 13.8. The predicted molar refractivity (Wildman–Crippen MR) is 105 cm³/mol. The number of hydrogen-bond acceptors (Lipinski definition) is 6. The van der Waals surface area contributed by atoms with Crippen molar-refractivity contribution in [1.29, 1.82) is 0 Å². The fourth-order valence-electron chi connectivity index (χ4n) is 4.62. The Bertz CT molecular complexity index is 889. The van der Waals surface area contributed by atoms with Gasteiger partial charge in [0.2, 0.25) is 11.7 Å². The Morgan fingerprint density at radius 3 is 1.79 bits per heavy atom. The second-order valence-electron chi connectivity index (χ2n) is 8.14. The van der Waals surface area contributed by atoms with Crippen LogP contribution in [0.1, 0.15) is 93.1 Å². The molecule has 9 nitrogen and oxygen atoms in total. The number of carbonyl (C=O) groups excluding carboxylic acids is 1. The predicted octanol–water partition coefficient (Wildman–Crippen LogP) is 1.71. The van der Waals surface area contributed by atoms with Gasteiger partial charge in [-0.2, -0.15) is 0 Å². The Labute approximate surface area is 168 Å². The van der Waals surface area contributed by atoms with E-state index in [-0.39, 0.29) is 12.1 Å². The summed E-state index contributed by atoms with van der Waals surface area (Å²) in [6.07, 6.45) is 9.06. The fraction of sp³-hybridized carbons (Fsp3) is 0.700. The maximum absolute atomic E-state index is 13.3. The van der Waals surface area contributed by atoms with E-state index >= 15 is 0 Å². The molecule has 0 saturated heterocycles. The van der Waals surface area contributed by atoms with Gasteiger partial charge >= 0.3 is 11.7 Å². The number of nitrogens with zero attached hydrogens (tertiary/aromatic N) is 2. The summed E-state index contributed by atoms with van der Waals surface area (Å²) in [5, 5.41) is 19.9. The number of Topliss-reactive ketones (excluding diaryl/α,β-unsaturated/α-hetero) is 1. The Morgan fingerprint density at radius 2 is 1.31 bits per heavy atom. The molecule has 1 aromatic rings. The number of ketones is 1. The van der Waals surface area contributed by atoms with Crippen LogP contribution in [0.4, 0.5) is 0 Å². The van der Waals surface area contributed by atoms with Crippen LogP contribution >= 0.6 is 0 Å². The van der Waals surface area contributed by atoms with Crippen molar-refractivity contribution in [2.75, 3.05) is 0 Å². The molecule has 1 aromatic heterocycles. The average molecular weight is 407 g/mol. The second-order valence-corrected chi connectivity index (χ2v) is 8.14. The maximum atomic E-state index is 13.3. The third kappa shape index (κ3) is 4.14. The molecule has 3 rings (SSSR count). The van der Waals surface area contributed by atoms with Crippen LogP contribution in [-0.2, 0) is 4.79 Å². The van der Waals surface area contributed by atoms with Crippen LogP contribution in [0.2, 0.25) is 0 Å². The van der Waals surface area contributed by atoms with Crippen molar-refractivity contribution >= 4 is 11.8 Å². The summed E-state index contributed by atoms with van der Waals surface area (Å²) in [5.74, 6) is -3.52. The van der Waals surface area contributed by atoms with Crippen molar-refractivity contribution in [3.63, 3.8) is 0 Å². The SMILES string of the molecule is NC(C(=O)O)C(=O)c1c(O)n(C2CCCCCC2)c(=O)n(C2CCCCC2)c1=O. The first kappa shape index (κ1) is 21.3. The fourth-order valence-corrected chi connectivity index (χ4v) is 4.62. The van der Waals surface area contributed by atoms with Gasteiger partial charge in [-0.3, -0.25) is 23.5 Å². The lowest BCUT2D eigenvalue weighted by Gasteiger charge is -2.27. The molecule has 2 fully saturated rings. The highest BCUT2D eigenvalue weighted by atomic mass is 16.4. The number of aromatic nitrogens is 2. The normalized spacial score (nSPS) is 20.2.